The predicted octanol–water partition coefficient (Wildman–Crippen LogP) is 7.42. The summed E-state index contributed by atoms with van der Waals surface area (Å²) in [7, 11) is 0. The number of rotatable bonds is 11. The molecule has 3 N–H and O–H groups in total. The van der Waals surface area contributed by atoms with E-state index >= 15 is 0 Å². The molecule has 3 aromatic carbocycles. The number of aromatic nitrogens is 1. The van der Waals surface area contributed by atoms with Crippen LogP contribution in [0.2, 0.25) is 0 Å². The largest absolute Gasteiger partial charge is 0.481 e. The lowest BCUT2D eigenvalue weighted by molar-refractivity contribution is -0.137. The number of nitrogens with zero attached hydrogens (tertiary/aromatic N) is 1. The van der Waals surface area contributed by atoms with Crippen LogP contribution in [0.5, 0.6) is 0 Å². The first-order valence-electron chi connectivity index (χ1n) is 13.3. The topological polar surface area (TPSA) is 91.6 Å². The van der Waals surface area contributed by atoms with Crippen molar-refractivity contribution < 1.29 is 24.2 Å². The molecule has 1 atom stereocenters. The van der Waals surface area contributed by atoms with Gasteiger partial charge in [0, 0.05) is 29.6 Å². The van der Waals surface area contributed by atoms with Gasteiger partial charge in [-0.05, 0) is 72.4 Å². The summed E-state index contributed by atoms with van der Waals surface area (Å²) >= 11 is 0. The first-order chi connectivity index (χ1) is 19.3. The number of carboxylic acid groups (broad SMARTS) is 1. The molecule has 1 heterocycles. The molecule has 0 aliphatic rings. The quantitative estimate of drug-likeness (QED) is 0.185. The molecule has 0 fully saturated rings. The van der Waals surface area contributed by atoms with Crippen LogP contribution in [0, 0.1) is 5.82 Å². The minimum atomic E-state index is -0.913. The van der Waals surface area contributed by atoms with Gasteiger partial charge in [-0.2, -0.15) is 0 Å². The highest BCUT2D eigenvalue weighted by Crippen LogP contribution is 2.42. The Hall–Kier alpha value is -4.49. The first-order valence-corrected chi connectivity index (χ1v) is 13.3. The highest BCUT2D eigenvalue weighted by atomic mass is 19.1. The van der Waals surface area contributed by atoms with E-state index in [0.717, 1.165) is 11.3 Å². The van der Waals surface area contributed by atoms with E-state index in [1.165, 1.54) is 12.1 Å². The van der Waals surface area contributed by atoms with Gasteiger partial charge in [-0.1, -0.05) is 62.4 Å². The maximum absolute atomic E-state index is 14.0. The lowest BCUT2D eigenvalue weighted by Crippen LogP contribution is -2.15. The van der Waals surface area contributed by atoms with Crippen LogP contribution >= 0.6 is 0 Å². The third-order valence-electron chi connectivity index (χ3n) is 6.58. The molecule has 0 bridgehead atoms. The number of aliphatic hydroxyl groups is 1. The number of amides is 1. The highest BCUT2D eigenvalue weighted by Gasteiger charge is 2.30. The van der Waals surface area contributed by atoms with Crippen molar-refractivity contribution in [2.45, 2.75) is 45.1 Å². The number of aliphatic carboxylic acids is 1. The van der Waals surface area contributed by atoms with Crippen molar-refractivity contribution in [2.24, 2.45) is 0 Å². The minimum Gasteiger partial charge on any atom is -0.481 e. The van der Waals surface area contributed by atoms with Crippen LogP contribution in [0.1, 0.15) is 55.1 Å². The van der Waals surface area contributed by atoms with Crippen molar-refractivity contribution in [3.8, 4) is 22.4 Å². The summed E-state index contributed by atoms with van der Waals surface area (Å²) in [5.41, 5.74) is 4.75. The molecule has 206 valence electrons. The van der Waals surface area contributed by atoms with Gasteiger partial charge in [-0.15, -0.1) is 0 Å². The van der Waals surface area contributed by atoms with Crippen molar-refractivity contribution in [1.82, 2.24) is 4.57 Å². The lowest BCUT2D eigenvalue weighted by Gasteiger charge is -2.14. The number of hydrogen-bond donors (Lipinski definition) is 3. The summed E-state index contributed by atoms with van der Waals surface area (Å²) in [5, 5.41) is 22.6. The molecule has 1 unspecified atom stereocenters. The molecule has 0 spiro atoms. The summed E-state index contributed by atoms with van der Waals surface area (Å²) in [4.78, 5) is 24.9. The van der Waals surface area contributed by atoms with Gasteiger partial charge in [0.2, 0.25) is 0 Å². The van der Waals surface area contributed by atoms with Gasteiger partial charge in [0.25, 0.3) is 5.91 Å². The van der Waals surface area contributed by atoms with Crippen LogP contribution in [-0.4, -0.2) is 32.8 Å². The second-order valence-electron chi connectivity index (χ2n) is 9.90. The number of para-hydroxylation sites is 1. The Morgan fingerprint density at radius 3 is 2.15 bits per heavy atom. The monoisotopic (exact) mass is 540 g/mol. The first kappa shape index (κ1) is 28.5. The van der Waals surface area contributed by atoms with Gasteiger partial charge >= 0.3 is 5.97 Å². The Balaban J connectivity index is 1.95. The van der Waals surface area contributed by atoms with Crippen molar-refractivity contribution in [3.63, 3.8) is 0 Å². The zero-order valence-electron chi connectivity index (χ0n) is 22.5. The fraction of sp³-hybridized carbons (Fsp3) is 0.212. The smallest absolute Gasteiger partial charge is 0.303 e. The van der Waals surface area contributed by atoms with Crippen LogP contribution in [0.15, 0.2) is 91.0 Å². The predicted molar refractivity (Wildman–Crippen MR) is 157 cm³/mol. The Bertz CT molecular complexity index is 1480. The SMILES string of the molecule is CC(C)c1c(C(=O)Nc2ccccc2)c(-c2ccccc2)c(-c2ccc(F)cc2)n1C=CC(O)CCCC(=O)O. The van der Waals surface area contributed by atoms with Crippen LogP contribution in [-0.2, 0) is 4.79 Å². The summed E-state index contributed by atoms with van der Waals surface area (Å²) in [6.07, 6.45) is 3.02. The van der Waals surface area contributed by atoms with Gasteiger partial charge < -0.3 is 20.1 Å². The van der Waals surface area contributed by atoms with Crippen LogP contribution in [0.25, 0.3) is 28.6 Å². The third-order valence-corrected chi connectivity index (χ3v) is 6.58. The van der Waals surface area contributed by atoms with Crippen molar-refractivity contribution in [2.75, 3.05) is 5.32 Å². The van der Waals surface area contributed by atoms with E-state index < -0.39 is 12.1 Å². The average molecular weight is 541 g/mol. The van der Waals surface area contributed by atoms with E-state index in [0.29, 0.717) is 34.5 Å². The maximum Gasteiger partial charge on any atom is 0.303 e. The van der Waals surface area contributed by atoms with Gasteiger partial charge in [-0.3, -0.25) is 9.59 Å². The molecule has 0 aliphatic heterocycles. The summed E-state index contributed by atoms with van der Waals surface area (Å²) < 4.78 is 15.9. The number of benzene rings is 3. The van der Waals surface area contributed by atoms with Crippen LogP contribution < -0.4 is 5.32 Å². The zero-order chi connectivity index (χ0) is 28.6. The van der Waals surface area contributed by atoms with E-state index in [9.17, 15) is 19.1 Å². The fourth-order valence-electron chi connectivity index (χ4n) is 4.80. The van der Waals surface area contributed by atoms with Crippen molar-refractivity contribution in [1.29, 1.82) is 0 Å². The Morgan fingerprint density at radius 1 is 0.925 bits per heavy atom. The summed E-state index contributed by atoms with van der Waals surface area (Å²) in [6.45, 7) is 3.98. The van der Waals surface area contributed by atoms with E-state index in [1.54, 1.807) is 24.4 Å². The molecule has 4 rings (SSSR count). The number of anilines is 1. The number of aliphatic hydroxyl groups excluding tert-OH is 1. The zero-order valence-corrected chi connectivity index (χ0v) is 22.5. The molecule has 1 amide bonds. The molecular weight excluding hydrogens is 507 g/mol. The molecule has 0 aliphatic carbocycles. The number of halogens is 1. The average Bonchev–Trinajstić information content (AvgIpc) is 3.29. The molecule has 0 saturated carbocycles. The van der Waals surface area contributed by atoms with Gasteiger partial charge in [0.05, 0.1) is 17.4 Å². The molecule has 7 heteroatoms. The molecule has 1 aromatic heterocycles. The van der Waals surface area contributed by atoms with Gasteiger partial charge in [-0.25, -0.2) is 4.39 Å². The fourth-order valence-corrected chi connectivity index (χ4v) is 4.80. The van der Waals surface area contributed by atoms with Crippen molar-refractivity contribution in [3.05, 3.63) is 108 Å². The van der Waals surface area contributed by atoms with Crippen molar-refractivity contribution >= 4 is 23.8 Å². The standard InChI is InChI=1S/C33H33FN2O4/c1-22(2)31-30(33(40)35-26-12-7-4-8-13-26)29(23-10-5-3-6-11-23)32(24-16-18-25(34)19-17-24)36(31)21-20-27(37)14-9-15-28(38)39/h3-8,10-13,16-22,27,37H,9,14-15H2,1-2H3,(H,35,40)(H,38,39). The highest BCUT2D eigenvalue weighted by molar-refractivity contribution is 6.12. The minimum absolute atomic E-state index is 0.0333. The number of carboxylic acids is 1. The van der Waals surface area contributed by atoms with Crippen LogP contribution in [0.4, 0.5) is 10.1 Å². The van der Waals surface area contributed by atoms with Crippen LogP contribution in [0.3, 0.4) is 0 Å². The normalized spacial score (nSPS) is 12.1. The molecule has 0 saturated heterocycles. The summed E-state index contributed by atoms with van der Waals surface area (Å²) in [6, 6.07) is 24.9. The molecular formula is C33H33FN2O4. The van der Waals surface area contributed by atoms with E-state index in [-0.39, 0.29) is 30.5 Å². The molecule has 4 aromatic rings. The molecule has 0 radical (unpaired) electrons. The number of nitrogens with one attached hydrogen (secondary N) is 1. The Kier molecular flexibility index (Phi) is 9.30. The molecule has 40 heavy (non-hydrogen) atoms. The van der Waals surface area contributed by atoms with Gasteiger partial charge in [0.15, 0.2) is 0 Å². The summed E-state index contributed by atoms with van der Waals surface area (Å²) in [5.74, 6) is -1.68. The third kappa shape index (κ3) is 6.74. The number of hydrogen-bond acceptors (Lipinski definition) is 3. The van der Waals surface area contributed by atoms with E-state index in [4.69, 9.17) is 5.11 Å². The van der Waals surface area contributed by atoms with E-state index in [1.807, 2.05) is 79.1 Å². The molecule has 6 nitrogen and oxygen atoms in total. The maximum atomic E-state index is 14.0. The Labute approximate surface area is 233 Å². The Morgan fingerprint density at radius 2 is 1.55 bits per heavy atom. The second-order valence-corrected chi connectivity index (χ2v) is 9.90. The number of carbonyl (C=O) groups is 2. The number of carbonyl (C=O) groups excluding carboxylic acids is 1. The van der Waals surface area contributed by atoms with E-state index in [2.05, 4.69) is 5.32 Å². The lowest BCUT2D eigenvalue weighted by atomic mass is 9.94. The van der Waals surface area contributed by atoms with Gasteiger partial charge in [0.1, 0.15) is 5.82 Å². The second kappa shape index (κ2) is 13.0.